The zero-order chi connectivity index (χ0) is 40.6. The van der Waals surface area contributed by atoms with E-state index in [1.165, 1.54) is 65.2 Å². The fraction of sp³-hybridized carbons (Fsp3) is 0. The van der Waals surface area contributed by atoms with Gasteiger partial charge in [-0.05, 0) is 84.9 Å². The number of furan rings is 1. The minimum Gasteiger partial charge on any atom is -0.456 e. The van der Waals surface area contributed by atoms with Crippen molar-refractivity contribution in [1.29, 1.82) is 0 Å². The highest BCUT2D eigenvalue weighted by molar-refractivity contribution is 6.68. The molecule has 11 rings (SSSR count). The molecule has 2 heterocycles. The Morgan fingerprint density at radius 2 is 0.817 bits per heavy atom. The topological polar surface area (TPSA) is 51.8 Å². The fourth-order valence-electron chi connectivity index (χ4n) is 9.37. The maximum absolute atomic E-state index is 6.67. The molecule has 0 unspecified atom stereocenters. The van der Waals surface area contributed by atoms with Crippen molar-refractivity contribution in [3.63, 3.8) is 0 Å². The number of nitrogens with zero attached hydrogens (tertiary/aromatic N) is 3. The van der Waals surface area contributed by atoms with Gasteiger partial charge in [0.2, 0.25) is 0 Å². The van der Waals surface area contributed by atoms with Crippen molar-refractivity contribution >= 4 is 121 Å². The molecule has 9 aromatic carbocycles. The second kappa shape index (κ2) is 14.0. The number of hydrogen-bond donors (Lipinski definition) is 0. The molecule has 0 spiro atoms. The van der Waals surface area contributed by atoms with Gasteiger partial charge in [0.25, 0.3) is 0 Å². The van der Waals surface area contributed by atoms with Crippen LogP contribution in [0.5, 0.6) is 0 Å². The summed E-state index contributed by atoms with van der Waals surface area (Å²) >= 11 is 0. The van der Waals surface area contributed by atoms with Crippen molar-refractivity contribution in [3.8, 4) is 56.4 Å². The first-order chi connectivity index (χ1) is 29.3. The number of fused-ring (bicyclic) bond motifs is 9. The van der Waals surface area contributed by atoms with Gasteiger partial charge in [-0.15, -0.1) is 16.4 Å². The molecule has 0 aliphatic carbocycles. The van der Waals surface area contributed by atoms with Crippen molar-refractivity contribution in [3.05, 3.63) is 158 Å². The summed E-state index contributed by atoms with van der Waals surface area (Å²) in [7, 11) is 11.1. The molecule has 0 saturated carbocycles. The molecule has 11 aromatic rings. The van der Waals surface area contributed by atoms with Gasteiger partial charge < -0.3 is 4.42 Å². The molecular weight excluding hydrogens is 725 g/mol. The third-order valence-electron chi connectivity index (χ3n) is 12.9. The third-order valence-corrected chi connectivity index (χ3v) is 12.9. The molecule has 60 heavy (non-hydrogen) atoms. The van der Waals surface area contributed by atoms with Gasteiger partial charge in [0.05, 0.1) is 0 Å². The second-order valence-electron chi connectivity index (χ2n) is 16.1. The lowest BCUT2D eigenvalue weighted by molar-refractivity contribution is 0.669. The number of benzene rings is 9. The van der Waals surface area contributed by atoms with Crippen LogP contribution in [0, 0.1) is 0 Å². The Kier molecular flexibility index (Phi) is 8.42. The van der Waals surface area contributed by atoms with E-state index >= 15 is 0 Å². The van der Waals surface area contributed by atoms with E-state index in [2.05, 4.69) is 167 Å². The number of aromatic nitrogens is 3. The molecule has 2 aromatic heterocycles. The summed E-state index contributed by atoms with van der Waals surface area (Å²) in [4.78, 5) is 15.5. The predicted octanol–water partition coefficient (Wildman–Crippen LogP) is 4.86. The van der Waals surface area contributed by atoms with Crippen LogP contribution in [0.3, 0.4) is 0 Å². The molecule has 0 N–H and O–H groups in total. The Labute approximate surface area is 352 Å². The first-order valence-electron chi connectivity index (χ1n) is 20.6. The SMILES string of the molecule is Bc1c(B)c(B)c(-c2cccc(-c3nc(-c4ccccc4)nc(-c4cccc5oc6cc(-c7ccc8c9ccccc9c9ccccc9c8c7)ccc6c45)n3)c2)c(B)c1B. The van der Waals surface area contributed by atoms with Gasteiger partial charge in [-0.1, -0.05) is 138 Å². The Bertz CT molecular complexity index is 3500. The van der Waals surface area contributed by atoms with Crippen LogP contribution < -0.4 is 27.3 Å². The van der Waals surface area contributed by atoms with E-state index in [-0.39, 0.29) is 0 Å². The van der Waals surface area contributed by atoms with Crippen molar-refractivity contribution in [1.82, 2.24) is 15.0 Å². The van der Waals surface area contributed by atoms with Gasteiger partial charge in [-0.3, -0.25) is 0 Å². The summed E-state index contributed by atoms with van der Waals surface area (Å²) in [5.41, 5.74) is 15.7. The highest BCUT2D eigenvalue weighted by Gasteiger charge is 2.20. The van der Waals surface area contributed by atoms with E-state index in [4.69, 9.17) is 19.4 Å². The number of hydrogen-bond acceptors (Lipinski definition) is 4. The third kappa shape index (κ3) is 5.72. The summed E-state index contributed by atoms with van der Waals surface area (Å²) in [5.74, 6) is 1.85. The summed E-state index contributed by atoms with van der Waals surface area (Å²) in [6.07, 6.45) is 0. The lowest BCUT2D eigenvalue weighted by atomic mass is 9.59. The van der Waals surface area contributed by atoms with Gasteiger partial charge in [-0.25, -0.2) is 15.0 Å². The van der Waals surface area contributed by atoms with Crippen molar-refractivity contribution in [2.24, 2.45) is 0 Å². The minimum absolute atomic E-state index is 0.602. The van der Waals surface area contributed by atoms with Crippen LogP contribution in [0.1, 0.15) is 0 Å². The van der Waals surface area contributed by atoms with Crippen LogP contribution in [0.15, 0.2) is 162 Å². The lowest BCUT2D eigenvalue weighted by Gasteiger charge is -2.20. The Morgan fingerprint density at radius 1 is 0.317 bits per heavy atom. The maximum atomic E-state index is 6.67. The van der Waals surface area contributed by atoms with E-state index in [0.717, 1.165) is 55.3 Å². The van der Waals surface area contributed by atoms with Gasteiger partial charge in [0.15, 0.2) is 17.5 Å². The van der Waals surface area contributed by atoms with Crippen LogP contribution in [0.25, 0.3) is 111 Å². The Balaban J connectivity index is 1.06. The zero-order valence-electron chi connectivity index (χ0n) is 34.3. The van der Waals surface area contributed by atoms with Crippen molar-refractivity contribution in [2.45, 2.75) is 0 Å². The maximum Gasteiger partial charge on any atom is 0.164 e. The fourth-order valence-corrected chi connectivity index (χ4v) is 9.37. The van der Waals surface area contributed by atoms with E-state index in [0.29, 0.717) is 17.5 Å². The van der Waals surface area contributed by atoms with Crippen LogP contribution in [-0.4, -0.2) is 54.2 Å². The molecule has 0 saturated heterocycles. The van der Waals surface area contributed by atoms with Crippen molar-refractivity contribution < 1.29 is 4.42 Å². The van der Waals surface area contributed by atoms with E-state index < -0.39 is 0 Å². The van der Waals surface area contributed by atoms with Gasteiger partial charge >= 0.3 is 0 Å². The molecule has 0 fully saturated rings. The standard InChI is InChI=1S/C51H36B5N3O/c52-44-42(45(53)47(55)48(56)46(44)54)30-12-8-13-31(24-30)50-57-49(27-10-2-1-3-11-27)58-51(59-50)38-18-9-19-40-43(38)37-23-21-29(26-41(37)60-40)28-20-22-36-34-16-5-4-14-32(34)33-15-6-7-17-35(33)39(36)25-28/h1-26H,52-56H2. The molecule has 0 atom stereocenters. The average Bonchev–Trinajstić information content (AvgIpc) is 3.69. The Morgan fingerprint density at radius 3 is 1.50 bits per heavy atom. The second-order valence-corrected chi connectivity index (χ2v) is 16.1. The molecule has 0 radical (unpaired) electrons. The van der Waals surface area contributed by atoms with Gasteiger partial charge in [0, 0.05) is 27.5 Å². The van der Waals surface area contributed by atoms with Crippen LogP contribution in [0.2, 0.25) is 0 Å². The minimum atomic E-state index is 0.602. The van der Waals surface area contributed by atoms with Gasteiger partial charge in [0.1, 0.15) is 50.4 Å². The van der Waals surface area contributed by atoms with Crippen LogP contribution in [-0.2, 0) is 0 Å². The van der Waals surface area contributed by atoms with E-state index in [1.807, 2.05) is 30.3 Å². The van der Waals surface area contributed by atoms with E-state index in [9.17, 15) is 0 Å². The van der Waals surface area contributed by atoms with Crippen LogP contribution >= 0.6 is 0 Å². The molecule has 276 valence electrons. The largest absolute Gasteiger partial charge is 0.456 e. The smallest absolute Gasteiger partial charge is 0.164 e. The van der Waals surface area contributed by atoms with Gasteiger partial charge in [-0.2, -0.15) is 0 Å². The molecule has 0 bridgehead atoms. The summed E-state index contributed by atoms with van der Waals surface area (Å²) in [6.45, 7) is 0. The molecule has 0 amide bonds. The van der Waals surface area contributed by atoms with Crippen molar-refractivity contribution in [2.75, 3.05) is 0 Å². The Hall–Kier alpha value is -7.11. The first-order valence-corrected chi connectivity index (χ1v) is 20.6. The molecule has 4 nitrogen and oxygen atoms in total. The zero-order valence-corrected chi connectivity index (χ0v) is 34.3. The quantitative estimate of drug-likeness (QED) is 0.186. The normalized spacial score (nSPS) is 11.7. The molecule has 0 aliphatic rings. The summed E-state index contributed by atoms with van der Waals surface area (Å²) in [6, 6.07) is 55.8. The highest BCUT2D eigenvalue weighted by atomic mass is 16.3. The highest BCUT2D eigenvalue weighted by Crippen LogP contribution is 2.40. The summed E-state index contributed by atoms with van der Waals surface area (Å²) in [5, 5.41) is 9.57. The monoisotopic (exact) mass is 761 g/mol. The predicted molar refractivity (Wildman–Crippen MR) is 268 cm³/mol. The molecular formula is C51H36B5N3O. The summed E-state index contributed by atoms with van der Waals surface area (Å²) < 4.78 is 6.67. The van der Waals surface area contributed by atoms with E-state index in [1.54, 1.807) is 0 Å². The number of rotatable bonds is 5. The molecule has 0 aliphatic heterocycles. The molecule has 9 heteroatoms. The first kappa shape index (κ1) is 36.0. The lowest BCUT2D eigenvalue weighted by Crippen LogP contribution is -2.55. The van der Waals surface area contributed by atoms with Crippen LogP contribution in [0.4, 0.5) is 0 Å². The average molecular weight is 761 g/mol.